The minimum atomic E-state index is -0.148. The van der Waals surface area contributed by atoms with Crippen LogP contribution in [0.5, 0.6) is 0 Å². The van der Waals surface area contributed by atoms with Gasteiger partial charge in [0.2, 0.25) is 0 Å². The van der Waals surface area contributed by atoms with Crippen molar-refractivity contribution in [3.63, 3.8) is 0 Å². The third-order valence-corrected chi connectivity index (χ3v) is 4.17. The molecule has 1 aromatic carbocycles. The van der Waals surface area contributed by atoms with Gasteiger partial charge in [-0.05, 0) is 19.1 Å². The molecule has 0 spiro atoms. The molecular weight excluding hydrogens is 282 g/mol. The van der Waals surface area contributed by atoms with Gasteiger partial charge in [-0.3, -0.25) is 4.79 Å². The Bertz CT molecular complexity index is 612. The summed E-state index contributed by atoms with van der Waals surface area (Å²) < 4.78 is 0. The van der Waals surface area contributed by atoms with Crippen molar-refractivity contribution >= 4 is 34.5 Å². The number of anilines is 1. The standard InChI is InChI=1S/C13H14ClN3OS/c1-8-11(19-7-16-8)6-17(2)13(18)9-4-3-5-10(15)12(9)14/h3-5,7H,6,15H2,1-2H3. The number of thiazole rings is 1. The van der Waals surface area contributed by atoms with Crippen LogP contribution in [-0.2, 0) is 6.54 Å². The van der Waals surface area contributed by atoms with Crippen LogP contribution in [0.3, 0.4) is 0 Å². The van der Waals surface area contributed by atoms with Gasteiger partial charge in [-0.25, -0.2) is 4.98 Å². The maximum Gasteiger partial charge on any atom is 0.255 e. The number of hydrogen-bond acceptors (Lipinski definition) is 4. The molecule has 1 amide bonds. The number of carbonyl (C=O) groups is 1. The van der Waals surface area contributed by atoms with Gasteiger partial charge < -0.3 is 10.6 Å². The molecule has 4 nitrogen and oxygen atoms in total. The zero-order valence-electron chi connectivity index (χ0n) is 10.7. The fourth-order valence-electron chi connectivity index (χ4n) is 1.69. The normalized spacial score (nSPS) is 10.5. The molecule has 0 radical (unpaired) electrons. The summed E-state index contributed by atoms with van der Waals surface area (Å²) in [6.45, 7) is 2.44. The number of aryl methyl sites for hydroxylation is 1. The maximum atomic E-state index is 12.3. The van der Waals surface area contributed by atoms with E-state index in [1.165, 1.54) is 11.3 Å². The van der Waals surface area contributed by atoms with Crippen molar-refractivity contribution in [2.24, 2.45) is 0 Å². The van der Waals surface area contributed by atoms with Crippen molar-refractivity contribution in [3.8, 4) is 0 Å². The van der Waals surface area contributed by atoms with Gasteiger partial charge in [0.15, 0.2) is 0 Å². The number of amides is 1. The summed E-state index contributed by atoms with van der Waals surface area (Å²) in [7, 11) is 1.74. The Kier molecular flexibility index (Phi) is 4.07. The molecule has 0 atom stereocenters. The van der Waals surface area contributed by atoms with Crippen LogP contribution in [0.25, 0.3) is 0 Å². The Morgan fingerprint density at radius 2 is 2.26 bits per heavy atom. The molecule has 1 heterocycles. The Hall–Kier alpha value is -1.59. The van der Waals surface area contributed by atoms with Gasteiger partial charge in [0, 0.05) is 11.9 Å². The Labute approximate surface area is 120 Å². The Morgan fingerprint density at radius 3 is 2.89 bits per heavy atom. The van der Waals surface area contributed by atoms with E-state index < -0.39 is 0 Å². The quantitative estimate of drug-likeness (QED) is 0.886. The lowest BCUT2D eigenvalue weighted by atomic mass is 10.1. The SMILES string of the molecule is Cc1ncsc1CN(C)C(=O)c1cccc(N)c1Cl. The number of carbonyl (C=O) groups excluding carboxylic acids is 1. The van der Waals surface area contributed by atoms with E-state index in [4.69, 9.17) is 17.3 Å². The molecule has 0 aliphatic heterocycles. The van der Waals surface area contributed by atoms with Crippen molar-refractivity contribution < 1.29 is 4.79 Å². The lowest BCUT2D eigenvalue weighted by molar-refractivity contribution is 0.0786. The largest absolute Gasteiger partial charge is 0.398 e. The lowest BCUT2D eigenvalue weighted by Crippen LogP contribution is -2.26. The number of nitrogens with two attached hydrogens (primary N) is 1. The van der Waals surface area contributed by atoms with E-state index in [1.54, 1.807) is 35.7 Å². The van der Waals surface area contributed by atoms with Crippen molar-refractivity contribution in [2.45, 2.75) is 13.5 Å². The van der Waals surface area contributed by atoms with E-state index in [2.05, 4.69) is 4.98 Å². The molecule has 0 saturated carbocycles. The van der Waals surface area contributed by atoms with Crippen LogP contribution in [0, 0.1) is 6.92 Å². The van der Waals surface area contributed by atoms with E-state index >= 15 is 0 Å². The highest BCUT2D eigenvalue weighted by atomic mass is 35.5. The van der Waals surface area contributed by atoms with Crippen LogP contribution in [0.2, 0.25) is 5.02 Å². The molecule has 0 aliphatic carbocycles. The third-order valence-electron chi connectivity index (χ3n) is 2.83. The molecule has 0 unspecified atom stereocenters. The average Bonchev–Trinajstić information content (AvgIpc) is 2.77. The molecule has 6 heteroatoms. The molecule has 2 aromatic rings. The minimum Gasteiger partial charge on any atom is -0.398 e. The van der Waals surface area contributed by atoms with Gasteiger partial charge in [-0.15, -0.1) is 11.3 Å². The summed E-state index contributed by atoms with van der Waals surface area (Å²) in [5, 5.41) is 0.306. The fraction of sp³-hybridized carbons (Fsp3) is 0.231. The monoisotopic (exact) mass is 295 g/mol. The second-order valence-electron chi connectivity index (χ2n) is 4.23. The molecule has 0 aliphatic rings. The maximum absolute atomic E-state index is 12.3. The van der Waals surface area contributed by atoms with Crippen molar-refractivity contribution in [1.82, 2.24) is 9.88 Å². The molecule has 19 heavy (non-hydrogen) atoms. The Morgan fingerprint density at radius 1 is 1.53 bits per heavy atom. The zero-order valence-corrected chi connectivity index (χ0v) is 12.3. The van der Waals surface area contributed by atoms with Crippen LogP contribution >= 0.6 is 22.9 Å². The van der Waals surface area contributed by atoms with Gasteiger partial charge in [0.1, 0.15) is 0 Å². The molecule has 0 saturated heterocycles. The predicted octanol–water partition coefficient (Wildman–Crippen LogP) is 2.96. The molecule has 2 N–H and O–H groups in total. The summed E-state index contributed by atoms with van der Waals surface area (Å²) in [5.74, 6) is -0.148. The Balaban J connectivity index is 2.20. The number of benzene rings is 1. The fourth-order valence-corrected chi connectivity index (χ4v) is 2.72. The summed E-state index contributed by atoms with van der Waals surface area (Å²) in [4.78, 5) is 19.2. The highest BCUT2D eigenvalue weighted by Gasteiger charge is 2.17. The van der Waals surface area contributed by atoms with Crippen LogP contribution in [0.4, 0.5) is 5.69 Å². The lowest BCUT2D eigenvalue weighted by Gasteiger charge is -2.17. The number of halogens is 1. The number of aromatic nitrogens is 1. The van der Waals surface area contributed by atoms with Crippen molar-refractivity contribution in [2.75, 3.05) is 12.8 Å². The highest BCUT2D eigenvalue weighted by Crippen LogP contribution is 2.25. The first-order chi connectivity index (χ1) is 9.00. The van der Waals surface area contributed by atoms with Gasteiger partial charge in [-0.1, -0.05) is 17.7 Å². The second kappa shape index (κ2) is 5.59. The molecule has 2 rings (SSSR count). The molecule has 1 aromatic heterocycles. The number of hydrogen-bond donors (Lipinski definition) is 1. The van der Waals surface area contributed by atoms with Crippen LogP contribution in [0.15, 0.2) is 23.7 Å². The first kappa shape index (κ1) is 13.8. The van der Waals surface area contributed by atoms with Crippen LogP contribution < -0.4 is 5.73 Å². The van der Waals surface area contributed by atoms with Crippen LogP contribution in [-0.4, -0.2) is 22.8 Å². The topological polar surface area (TPSA) is 59.2 Å². The first-order valence-corrected chi connectivity index (χ1v) is 6.95. The second-order valence-corrected chi connectivity index (χ2v) is 5.55. The van der Waals surface area contributed by atoms with E-state index in [0.717, 1.165) is 10.6 Å². The minimum absolute atomic E-state index is 0.148. The van der Waals surface area contributed by atoms with Gasteiger partial charge in [0.05, 0.1) is 34.0 Å². The first-order valence-electron chi connectivity index (χ1n) is 5.69. The highest BCUT2D eigenvalue weighted by molar-refractivity contribution is 7.09. The molecule has 100 valence electrons. The van der Waals surface area contributed by atoms with Gasteiger partial charge >= 0.3 is 0 Å². The molecule has 0 bridgehead atoms. The molecule has 0 fully saturated rings. The number of nitrogens with zero attached hydrogens (tertiary/aromatic N) is 2. The van der Waals surface area contributed by atoms with Crippen LogP contribution in [0.1, 0.15) is 20.9 Å². The number of rotatable bonds is 3. The summed E-state index contributed by atoms with van der Waals surface area (Å²) >= 11 is 7.60. The number of nitrogen functional groups attached to an aromatic ring is 1. The summed E-state index contributed by atoms with van der Waals surface area (Å²) in [6.07, 6.45) is 0. The summed E-state index contributed by atoms with van der Waals surface area (Å²) in [6, 6.07) is 5.07. The molecular formula is C13H14ClN3OS. The van der Waals surface area contributed by atoms with E-state index in [9.17, 15) is 4.79 Å². The van der Waals surface area contributed by atoms with E-state index in [0.29, 0.717) is 22.8 Å². The van der Waals surface area contributed by atoms with Crippen molar-refractivity contribution in [1.29, 1.82) is 0 Å². The van der Waals surface area contributed by atoms with Gasteiger partial charge in [0.25, 0.3) is 5.91 Å². The predicted molar refractivity (Wildman–Crippen MR) is 78.5 cm³/mol. The van der Waals surface area contributed by atoms with E-state index in [1.807, 2.05) is 6.92 Å². The van der Waals surface area contributed by atoms with Crippen molar-refractivity contribution in [3.05, 3.63) is 44.9 Å². The van der Waals surface area contributed by atoms with Gasteiger partial charge in [-0.2, -0.15) is 0 Å². The average molecular weight is 296 g/mol. The summed E-state index contributed by atoms with van der Waals surface area (Å²) in [5.41, 5.74) is 9.26. The zero-order chi connectivity index (χ0) is 14.0. The third kappa shape index (κ3) is 2.88. The smallest absolute Gasteiger partial charge is 0.255 e. The van der Waals surface area contributed by atoms with E-state index in [-0.39, 0.29) is 5.91 Å².